The van der Waals surface area contributed by atoms with Gasteiger partial charge in [-0.1, -0.05) is 44.5 Å². The van der Waals surface area contributed by atoms with Crippen LogP contribution in [-0.4, -0.2) is 5.78 Å². The first-order chi connectivity index (χ1) is 8.91. The summed E-state index contributed by atoms with van der Waals surface area (Å²) in [5.74, 6) is 1.50. The molecule has 0 aromatic heterocycles. The molecular weight excluding hydrogens is 256 g/mol. The standard InChI is InChI=1S/C17H19ClO/c1-10-14-9-15(17(14,2)3)13(16(10)19)8-11-4-6-12(18)7-5-11/h4-8,10,14-15H,9H2,1-3H3/t10-,14-,15+/m1/s1. The van der Waals surface area contributed by atoms with Crippen molar-refractivity contribution in [2.24, 2.45) is 23.2 Å². The summed E-state index contributed by atoms with van der Waals surface area (Å²) in [6.07, 6.45) is 3.23. The summed E-state index contributed by atoms with van der Waals surface area (Å²) < 4.78 is 0. The van der Waals surface area contributed by atoms with E-state index in [2.05, 4.69) is 26.8 Å². The molecule has 0 saturated heterocycles. The molecule has 0 spiro atoms. The zero-order chi connectivity index (χ0) is 13.8. The summed E-state index contributed by atoms with van der Waals surface area (Å²) in [5, 5.41) is 0.731. The molecule has 100 valence electrons. The third-order valence-corrected chi connectivity index (χ3v) is 5.46. The maximum atomic E-state index is 12.4. The van der Waals surface area contributed by atoms with Crippen LogP contribution in [0.4, 0.5) is 0 Å². The molecule has 0 aliphatic heterocycles. The average molecular weight is 275 g/mol. The molecule has 3 atom stereocenters. The van der Waals surface area contributed by atoms with Crippen LogP contribution >= 0.6 is 11.6 Å². The lowest BCUT2D eigenvalue weighted by atomic mass is 9.44. The van der Waals surface area contributed by atoms with Gasteiger partial charge in [0.1, 0.15) is 0 Å². The zero-order valence-electron chi connectivity index (χ0n) is 11.6. The van der Waals surface area contributed by atoms with Crippen LogP contribution in [0.3, 0.4) is 0 Å². The van der Waals surface area contributed by atoms with E-state index in [1.54, 1.807) is 0 Å². The van der Waals surface area contributed by atoms with Gasteiger partial charge in [0.2, 0.25) is 0 Å². The smallest absolute Gasteiger partial charge is 0.162 e. The molecule has 3 saturated carbocycles. The predicted molar refractivity (Wildman–Crippen MR) is 79.0 cm³/mol. The number of hydrogen-bond donors (Lipinski definition) is 0. The van der Waals surface area contributed by atoms with Crippen molar-refractivity contribution in [3.8, 4) is 0 Å². The molecule has 2 bridgehead atoms. The van der Waals surface area contributed by atoms with Crippen LogP contribution < -0.4 is 0 Å². The fourth-order valence-corrected chi connectivity index (χ4v) is 3.99. The predicted octanol–water partition coefficient (Wildman–Crippen LogP) is 4.60. The largest absolute Gasteiger partial charge is 0.294 e. The molecule has 1 nitrogen and oxygen atoms in total. The first kappa shape index (κ1) is 12.9. The molecule has 0 heterocycles. The molecule has 0 N–H and O–H groups in total. The van der Waals surface area contributed by atoms with Gasteiger partial charge < -0.3 is 0 Å². The quantitative estimate of drug-likeness (QED) is 0.684. The van der Waals surface area contributed by atoms with Crippen molar-refractivity contribution in [1.29, 1.82) is 0 Å². The van der Waals surface area contributed by atoms with Gasteiger partial charge in [-0.05, 0) is 53.0 Å². The Morgan fingerprint density at radius 3 is 2.47 bits per heavy atom. The van der Waals surface area contributed by atoms with E-state index in [1.165, 1.54) is 6.42 Å². The Labute approximate surface area is 119 Å². The molecular formula is C17H19ClO. The van der Waals surface area contributed by atoms with Gasteiger partial charge >= 0.3 is 0 Å². The third kappa shape index (κ3) is 1.87. The summed E-state index contributed by atoms with van der Waals surface area (Å²) in [6.45, 7) is 6.68. The molecule has 19 heavy (non-hydrogen) atoms. The van der Waals surface area contributed by atoms with Gasteiger partial charge in [-0.15, -0.1) is 0 Å². The van der Waals surface area contributed by atoms with Gasteiger partial charge in [0.15, 0.2) is 5.78 Å². The Morgan fingerprint density at radius 1 is 1.26 bits per heavy atom. The molecule has 0 amide bonds. The molecule has 1 aromatic carbocycles. The lowest BCUT2D eigenvalue weighted by Crippen LogP contribution is -2.56. The normalized spacial score (nSPS) is 34.2. The second-order valence-corrected chi connectivity index (χ2v) is 6.96. The number of benzene rings is 1. The van der Waals surface area contributed by atoms with E-state index >= 15 is 0 Å². The fraction of sp³-hybridized carbons (Fsp3) is 0.471. The Kier molecular flexibility index (Phi) is 2.86. The van der Waals surface area contributed by atoms with Crippen LogP contribution in [0, 0.1) is 23.2 Å². The highest BCUT2D eigenvalue weighted by Crippen LogP contribution is 2.62. The SMILES string of the molecule is C[C@H]1C(=O)C(=Cc2ccc(Cl)cc2)[C@@H]2C[C@H]1C2(C)C. The van der Waals surface area contributed by atoms with Gasteiger partial charge in [-0.3, -0.25) is 4.79 Å². The second kappa shape index (κ2) is 4.21. The Bertz CT molecular complexity index is 553. The summed E-state index contributed by atoms with van der Waals surface area (Å²) in [4.78, 5) is 12.4. The van der Waals surface area contributed by atoms with Gasteiger partial charge in [0.25, 0.3) is 0 Å². The number of carbonyl (C=O) groups excluding carboxylic acids is 1. The monoisotopic (exact) mass is 274 g/mol. The lowest BCUT2D eigenvalue weighted by molar-refractivity contribution is -0.139. The van der Waals surface area contributed by atoms with E-state index in [1.807, 2.05) is 24.3 Å². The third-order valence-electron chi connectivity index (χ3n) is 5.21. The fourth-order valence-electron chi connectivity index (χ4n) is 3.86. The lowest BCUT2D eigenvalue weighted by Gasteiger charge is -2.59. The van der Waals surface area contributed by atoms with Crippen molar-refractivity contribution < 1.29 is 4.79 Å². The minimum absolute atomic E-state index is 0.165. The summed E-state index contributed by atoms with van der Waals surface area (Å²) >= 11 is 5.90. The highest BCUT2D eigenvalue weighted by atomic mass is 35.5. The first-order valence-electron chi connectivity index (χ1n) is 6.92. The van der Waals surface area contributed by atoms with Crippen molar-refractivity contribution in [3.05, 3.63) is 40.4 Å². The van der Waals surface area contributed by atoms with Gasteiger partial charge in [0, 0.05) is 10.9 Å². The highest BCUT2D eigenvalue weighted by Gasteiger charge is 2.58. The zero-order valence-corrected chi connectivity index (χ0v) is 12.4. The number of rotatable bonds is 1. The number of carbonyl (C=O) groups is 1. The topological polar surface area (TPSA) is 17.1 Å². The molecule has 1 aromatic rings. The van der Waals surface area contributed by atoms with Crippen molar-refractivity contribution in [3.63, 3.8) is 0 Å². The van der Waals surface area contributed by atoms with Gasteiger partial charge in [0.05, 0.1) is 0 Å². The highest BCUT2D eigenvalue weighted by molar-refractivity contribution is 6.30. The minimum Gasteiger partial charge on any atom is -0.294 e. The van der Waals surface area contributed by atoms with Crippen LogP contribution in [0.5, 0.6) is 0 Å². The van der Waals surface area contributed by atoms with E-state index in [9.17, 15) is 4.79 Å². The molecule has 0 unspecified atom stereocenters. The van der Waals surface area contributed by atoms with E-state index in [4.69, 9.17) is 11.6 Å². The van der Waals surface area contributed by atoms with Gasteiger partial charge in [-0.25, -0.2) is 0 Å². The van der Waals surface area contributed by atoms with E-state index < -0.39 is 0 Å². The van der Waals surface area contributed by atoms with Crippen molar-refractivity contribution >= 4 is 23.5 Å². The summed E-state index contributed by atoms with van der Waals surface area (Å²) in [6, 6.07) is 7.70. The first-order valence-corrected chi connectivity index (χ1v) is 7.30. The molecule has 3 aliphatic rings. The van der Waals surface area contributed by atoms with Crippen LogP contribution in [0.2, 0.25) is 5.02 Å². The van der Waals surface area contributed by atoms with E-state index in [0.717, 1.165) is 16.2 Å². The Hall–Kier alpha value is -1.08. The maximum absolute atomic E-state index is 12.4. The number of Topliss-reactive ketones (excluding diaryl/α,β-unsaturated/α-hetero) is 1. The number of allylic oxidation sites excluding steroid dienone is 1. The van der Waals surface area contributed by atoms with Crippen LogP contribution in [0.1, 0.15) is 32.8 Å². The number of ketones is 1. The number of halogens is 1. The summed E-state index contributed by atoms with van der Waals surface area (Å²) in [5.41, 5.74) is 2.36. The van der Waals surface area contributed by atoms with Crippen LogP contribution in [-0.2, 0) is 4.79 Å². The number of hydrogen-bond acceptors (Lipinski definition) is 1. The molecule has 0 radical (unpaired) electrons. The second-order valence-electron chi connectivity index (χ2n) is 6.52. The Morgan fingerprint density at radius 2 is 1.89 bits per heavy atom. The minimum atomic E-state index is 0.165. The van der Waals surface area contributed by atoms with E-state index in [-0.39, 0.29) is 11.3 Å². The van der Waals surface area contributed by atoms with Crippen molar-refractivity contribution in [2.75, 3.05) is 0 Å². The summed E-state index contributed by atoms with van der Waals surface area (Å²) in [7, 11) is 0. The molecule has 2 heteroatoms. The van der Waals surface area contributed by atoms with E-state index in [0.29, 0.717) is 17.6 Å². The van der Waals surface area contributed by atoms with Gasteiger partial charge in [-0.2, -0.15) is 0 Å². The molecule has 3 aliphatic carbocycles. The van der Waals surface area contributed by atoms with Crippen LogP contribution in [0.25, 0.3) is 6.08 Å². The van der Waals surface area contributed by atoms with Crippen molar-refractivity contribution in [2.45, 2.75) is 27.2 Å². The number of fused-ring (bicyclic) bond motifs is 2. The van der Waals surface area contributed by atoms with Crippen LogP contribution in [0.15, 0.2) is 29.8 Å². The maximum Gasteiger partial charge on any atom is 0.162 e. The van der Waals surface area contributed by atoms with Crippen molar-refractivity contribution in [1.82, 2.24) is 0 Å². The molecule has 4 rings (SSSR count). The molecule has 3 fully saturated rings. The Balaban J connectivity index is 1.99. The average Bonchev–Trinajstić information content (AvgIpc) is 2.36.